The van der Waals surface area contributed by atoms with Crippen LogP contribution in [0.25, 0.3) is 0 Å². The smallest absolute Gasteiger partial charge is 0.0346 e. The summed E-state index contributed by atoms with van der Waals surface area (Å²) in [4.78, 5) is 2.52. The summed E-state index contributed by atoms with van der Waals surface area (Å²) in [6.45, 7) is 3.59. The Kier molecular flexibility index (Phi) is 4.06. The van der Waals surface area contributed by atoms with Gasteiger partial charge in [-0.05, 0) is 50.3 Å². The van der Waals surface area contributed by atoms with E-state index in [0.717, 1.165) is 24.1 Å². The number of nitrogens with zero attached hydrogens (tertiary/aromatic N) is 1. The van der Waals surface area contributed by atoms with Crippen molar-refractivity contribution in [1.29, 1.82) is 0 Å². The number of piperidine rings is 1. The third kappa shape index (κ3) is 3.22. The zero-order valence-electron chi connectivity index (χ0n) is 11.0. The standard InChI is InChI=1S/C15H24N2/c1-12-7-9-14(17(2)11-12)10-8-13-5-3-4-6-15(13)16/h3-6,12,14H,7-11,16H2,1-2H3. The average molecular weight is 232 g/mol. The van der Waals surface area contributed by atoms with Gasteiger partial charge >= 0.3 is 0 Å². The topological polar surface area (TPSA) is 29.3 Å². The van der Waals surface area contributed by atoms with Gasteiger partial charge in [0, 0.05) is 18.3 Å². The van der Waals surface area contributed by atoms with Crippen LogP contribution in [0.5, 0.6) is 0 Å². The van der Waals surface area contributed by atoms with Crippen LogP contribution in [-0.2, 0) is 6.42 Å². The van der Waals surface area contributed by atoms with Crippen LogP contribution in [0.1, 0.15) is 31.7 Å². The highest BCUT2D eigenvalue weighted by Gasteiger charge is 2.22. The highest BCUT2D eigenvalue weighted by Crippen LogP contribution is 2.24. The van der Waals surface area contributed by atoms with E-state index in [1.807, 2.05) is 12.1 Å². The minimum Gasteiger partial charge on any atom is -0.399 e. The maximum absolute atomic E-state index is 5.98. The van der Waals surface area contributed by atoms with Crippen molar-refractivity contribution in [2.75, 3.05) is 19.3 Å². The molecule has 2 nitrogen and oxygen atoms in total. The van der Waals surface area contributed by atoms with E-state index < -0.39 is 0 Å². The van der Waals surface area contributed by atoms with Gasteiger partial charge in [-0.3, -0.25) is 0 Å². The third-order valence-corrected chi connectivity index (χ3v) is 4.02. The molecule has 1 aromatic carbocycles. The van der Waals surface area contributed by atoms with Gasteiger partial charge < -0.3 is 10.6 Å². The van der Waals surface area contributed by atoms with Gasteiger partial charge in [0.2, 0.25) is 0 Å². The largest absolute Gasteiger partial charge is 0.399 e. The first-order chi connectivity index (χ1) is 8.16. The van der Waals surface area contributed by atoms with Crippen LogP contribution in [0, 0.1) is 5.92 Å². The van der Waals surface area contributed by atoms with Crippen LogP contribution in [-0.4, -0.2) is 24.5 Å². The molecule has 0 aromatic heterocycles. The quantitative estimate of drug-likeness (QED) is 0.812. The van der Waals surface area contributed by atoms with Crippen molar-refractivity contribution in [3.63, 3.8) is 0 Å². The maximum Gasteiger partial charge on any atom is 0.0346 e. The molecule has 94 valence electrons. The molecule has 0 amide bonds. The molecule has 0 saturated carbocycles. The molecule has 1 aromatic rings. The van der Waals surface area contributed by atoms with Gasteiger partial charge in [0.1, 0.15) is 0 Å². The summed E-state index contributed by atoms with van der Waals surface area (Å²) in [5.41, 5.74) is 8.23. The normalized spacial score (nSPS) is 26.0. The van der Waals surface area contributed by atoms with Crippen LogP contribution in [0.3, 0.4) is 0 Å². The summed E-state index contributed by atoms with van der Waals surface area (Å²) >= 11 is 0. The summed E-state index contributed by atoms with van der Waals surface area (Å²) in [6, 6.07) is 8.99. The van der Waals surface area contributed by atoms with E-state index >= 15 is 0 Å². The van der Waals surface area contributed by atoms with E-state index in [4.69, 9.17) is 5.73 Å². The first-order valence-corrected chi connectivity index (χ1v) is 6.70. The Balaban J connectivity index is 1.88. The minimum absolute atomic E-state index is 0.741. The lowest BCUT2D eigenvalue weighted by atomic mass is 9.91. The molecule has 2 atom stereocenters. The predicted octanol–water partition coefficient (Wildman–Crippen LogP) is 2.93. The fourth-order valence-electron chi connectivity index (χ4n) is 2.88. The van der Waals surface area contributed by atoms with Crippen molar-refractivity contribution < 1.29 is 0 Å². The number of nitrogen functional groups attached to an aromatic ring is 1. The van der Waals surface area contributed by atoms with Crippen LogP contribution < -0.4 is 5.73 Å². The van der Waals surface area contributed by atoms with Crippen molar-refractivity contribution in [3.8, 4) is 0 Å². The lowest BCUT2D eigenvalue weighted by molar-refractivity contribution is 0.138. The van der Waals surface area contributed by atoms with E-state index in [9.17, 15) is 0 Å². The van der Waals surface area contributed by atoms with Crippen LogP contribution in [0.4, 0.5) is 5.69 Å². The van der Waals surface area contributed by atoms with Gasteiger partial charge in [-0.25, -0.2) is 0 Å². The van der Waals surface area contributed by atoms with Crippen LogP contribution >= 0.6 is 0 Å². The highest BCUT2D eigenvalue weighted by molar-refractivity contribution is 5.46. The third-order valence-electron chi connectivity index (χ3n) is 4.02. The molecule has 1 saturated heterocycles. The van der Waals surface area contributed by atoms with Gasteiger partial charge in [-0.1, -0.05) is 25.1 Å². The van der Waals surface area contributed by atoms with Crippen molar-refractivity contribution in [1.82, 2.24) is 4.90 Å². The SMILES string of the molecule is CC1CCC(CCc2ccccc2N)N(C)C1. The molecule has 2 N–H and O–H groups in total. The fraction of sp³-hybridized carbons (Fsp3) is 0.600. The number of aryl methyl sites for hydroxylation is 1. The van der Waals surface area contributed by atoms with Crippen molar-refractivity contribution in [2.24, 2.45) is 5.92 Å². The van der Waals surface area contributed by atoms with Crippen molar-refractivity contribution in [2.45, 2.75) is 38.6 Å². The molecule has 1 aliphatic rings. The lowest BCUT2D eigenvalue weighted by Crippen LogP contribution is -2.40. The van der Waals surface area contributed by atoms with E-state index in [1.54, 1.807) is 0 Å². The second-order valence-electron chi connectivity index (χ2n) is 5.51. The Morgan fingerprint density at radius 2 is 2.06 bits per heavy atom. The van der Waals surface area contributed by atoms with E-state index in [-0.39, 0.29) is 0 Å². The van der Waals surface area contributed by atoms with Crippen LogP contribution in [0.15, 0.2) is 24.3 Å². The van der Waals surface area contributed by atoms with E-state index in [2.05, 4.69) is 31.0 Å². The molecule has 0 aliphatic carbocycles. The van der Waals surface area contributed by atoms with Gasteiger partial charge in [-0.2, -0.15) is 0 Å². The van der Waals surface area contributed by atoms with E-state index in [0.29, 0.717) is 0 Å². The van der Waals surface area contributed by atoms with Gasteiger partial charge in [0.05, 0.1) is 0 Å². The Hall–Kier alpha value is -1.02. The van der Waals surface area contributed by atoms with Gasteiger partial charge in [0.15, 0.2) is 0 Å². The van der Waals surface area contributed by atoms with Crippen LogP contribution in [0.2, 0.25) is 0 Å². The highest BCUT2D eigenvalue weighted by atomic mass is 15.1. The number of rotatable bonds is 3. The molecule has 2 heteroatoms. The number of para-hydroxylation sites is 1. The molecule has 1 fully saturated rings. The monoisotopic (exact) mass is 232 g/mol. The summed E-state index contributed by atoms with van der Waals surface area (Å²) < 4.78 is 0. The Morgan fingerprint density at radius 3 is 2.76 bits per heavy atom. The van der Waals surface area contributed by atoms with Crippen molar-refractivity contribution >= 4 is 5.69 Å². The molecular weight excluding hydrogens is 208 g/mol. The molecular formula is C15H24N2. The Bertz CT molecular complexity index is 362. The zero-order valence-corrected chi connectivity index (χ0v) is 11.0. The molecule has 2 unspecified atom stereocenters. The summed E-state index contributed by atoms with van der Waals surface area (Å²) in [5.74, 6) is 0.859. The van der Waals surface area contributed by atoms with Gasteiger partial charge in [0.25, 0.3) is 0 Å². The lowest BCUT2D eigenvalue weighted by Gasteiger charge is -2.36. The number of likely N-dealkylation sites (tertiary alicyclic amines) is 1. The first kappa shape index (κ1) is 12.4. The number of nitrogens with two attached hydrogens (primary N) is 1. The van der Waals surface area contributed by atoms with E-state index in [1.165, 1.54) is 31.4 Å². The number of hydrogen-bond donors (Lipinski definition) is 1. The van der Waals surface area contributed by atoms with Crippen molar-refractivity contribution in [3.05, 3.63) is 29.8 Å². The Morgan fingerprint density at radius 1 is 1.29 bits per heavy atom. The average Bonchev–Trinajstić information content (AvgIpc) is 2.30. The number of hydrogen-bond acceptors (Lipinski definition) is 2. The molecule has 0 bridgehead atoms. The molecule has 0 spiro atoms. The fourth-order valence-corrected chi connectivity index (χ4v) is 2.88. The molecule has 0 radical (unpaired) electrons. The minimum atomic E-state index is 0.741. The molecule has 2 rings (SSSR count). The first-order valence-electron chi connectivity index (χ1n) is 6.70. The number of anilines is 1. The van der Waals surface area contributed by atoms with Gasteiger partial charge in [-0.15, -0.1) is 0 Å². The molecule has 1 aliphatic heterocycles. The maximum atomic E-state index is 5.98. The molecule has 1 heterocycles. The summed E-state index contributed by atoms with van der Waals surface area (Å²) in [6.07, 6.45) is 5.05. The Labute approximate surface area is 105 Å². The summed E-state index contributed by atoms with van der Waals surface area (Å²) in [7, 11) is 2.26. The second-order valence-corrected chi connectivity index (χ2v) is 5.51. The summed E-state index contributed by atoms with van der Waals surface area (Å²) in [5, 5.41) is 0. The predicted molar refractivity (Wildman–Crippen MR) is 74.0 cm³/mol. The zero-order chi connectivity index (χ0) is 12.3. The second kappa shape index (κ2) is 5.54. The molecule has 17 heavy (non-hydrogen) atoms. The number of benzene rings is 1.